The fraction of sp³-hybridized carbons (Fsp3) is 0.577. The molecule has 1 saturated carbocycles. The number of nitrogens with zero attached hydrogens (tertiary/aromatic N) is 4. The molecule has 16 heteroatoms. The summed E-state index contributed by atoms with van der Waals surface area (Å²) in [7, 11) is 1.33. The normalized spacial score (nSPS) is 21.5. The fourth-order valence-corrected chi connectivity index (χ4v) is 4.82. The molecule has 3 rings (SSSR count). The van der Waals surface area contributed by atoms with Crippen LogP contribution in [0.4, 0.5) is 30.7 Å². The summed E-state index contributed by atoms with van der Waals surface area (Å²) in [6.45, 7) is 4.16. The van der Waals surface area contributed by atoms with Crippen molar-refractivity contribution in [3.05, 3.63) is 47.0 Å². The van der Waals surface area contributed by atoms with E-state index in [4.69, 9.17) is 5.73 Å². The molecule has 2 atom stereocenters. The minimum Gasteiger partial charge on any atom is -0.391 e. The molecule has 1 aliphatic heterocycles. The standard InChI is InChI=1S/C26H33F7N6O3/c1-35-22(37-11-16-9-10-38(13-19(16)40)14-20(34)41)21(27)23(36-2)39(18-7-8-18)12-15-3-5-17(6-4-15)24(42,25(28,29)30)26(31,32)33/h3-6,16,18-19,40,42H,2,7-14H2,1H3,(H2,34,41)(H,35,37)/b23-21-/t16?,19-/m1/s1. The van der Waals surface area contributed by atoms with Gasteiger partial charge in [-0.1, -0.05) is 24.3 Å². The first-order valence-corrected chi connectivity index (χ1v) is 13.0. The molecule has 1 amide bonds. The van der Waals surface area contributed by atoms with Crippen LogP contribution >= 0.6 is 0 Å². The molecular weight excluding hydrogens is 577 g/mol. The van der Waals surface area contributed by atoms with E-state index >= 15 is 4.39 Å². The number of aliphatic hydroxyl groups is 2. The highest BCUT2D eigenvalue weighted by atomic mass is 19.4. The van der Waals surface area contributed by atoms with Crippen LogP contribution < -0.4 is 11.1 Å². The number of alkyl halides is 6. The van der Waals surface area contributed by atoms with Crippen molar-refractivity contribution in [2.45, 2.75) is 55.9 Å². The number of benzene rings is 1. The number of hydrogen-bond acceptors (Lipinski definition) is 7. The molecule has 1 unspecified atom stereocenters. The zero-order valence-corrected chi connectivity index (χ0v) is 22.7. The van der Waals surface area contributed by atoms with Gasteiger partial charge in [-0.05, 0) is 38.1 Å². The zero-order chi connectivity index (χ0) is 31.5. The predicted molar refractivity (Wildman–Crippen MR) is 140 cm³/mol. The van der Waals surface area contributed by atoms with Gasteiger partial charge in [-0.15, -0.1) is 0 Å². The number of carbonyl (C=O) groups is 1. The van der Waals surface area contributed by atoms with Crippen LogP contribution in [0.15, 0.2) is 45.9 Å². The largest absolute Gasteiger partial charge is 0.430 e. The van der Waals surface area contributed by atoms with E-state index in [1.165, 1.54) is 11.9 Å². The lowest BCUT2D eigenvalue weighted by atomic mass is 9.91. The summed E-state index contributed by atoms with van der Waals surface area (Å²) in [5.41, 5.74) is -1.02. The first-order valence-electron chi connectivity index (χ1n) is 13.0. The van der Waals surface area contributed by atoms with E-state index < -0.39 is 41.4 Å². The van der Waals surface area contributed by atoms with E-state index in [0.29, 0.717) is 37.9 Å². The van der Waals surface area contributed by atoms with Gasteiger partial charge in [0.2, 0.25) is 11.7 Å². The van der Waals surface area contributed by atoms with Crippen molar-refractivity contribution in [1.82, 2.24) is 15.1 Å². The highest BCUT2D eigenvalue weighted by Gasteiger charge is 2.71. The van der Waals surface area contributed by atoms with Gasteiger partial charge in [0.15, 0.2) is 11.7 Å². The molecule has 2 aliphatic rings. The summed E-state index contributed by atoms with van der Waals surface area (Å²) in [4.78, 5) is 22.1. The maximum absolute atomic E-state index is 15.7. The van der Waals surface area contributed by atoms with Crippen molar-refractivity contribution in [1.29, 1.82) is 0 Å². The van der Waals surface area contributed by atoms with Gasteiger partial charge >= 0.3 is 12.4 Å². The molecule has 2 fully saturated rings. The van der Waals surface area contributed by atoms with Gasteiger partial charge in [-0.2, -0.15) is 30.7 Å². The topological polar surface area (TPSA) is 127 Å². The molecule has 42 heavy (non-hydrogen) atoms. The molecule has 5 N–H and O–H groups in total. The number of rotatable bonds is 11. The van der Waals surface area contributed by atoms with Gasteiger partial charge in [0.25, 0.3) is 5.60 Å². The van der Waals surface area contributed by atoms with Gasteiger partial charge in [-0.3, -0.25) is 14.7 Å². The van der Waals surface area contributed by atoms with Crippen molar-refractivity contribution in [3.8, 4) is 0 Å². The summed E-state index contributed by atoms with van der Waals surface area (Å²) in [5, 5.41) is 23.0. The predicted octanol–water partition coefficient (Wildman–Crippen LogP) is 2.59. The van der Waals surface area contributed by atoms with E-state index in [9.17, 15) is 41.4 Å². The van der Waals surface area contributed by atoms with Gasteiger partial charge in [0.1, 0.15) is 0 Å². The number of likely N-dealkylation sites (tertiary alicyclic amines) is 1. The lowest BCUT2D eigenvalue weighted by Gasteiger charge is -2.35. The summed E-state index contributed by atoms with van der Waals surface area (Å²) < 4.78 is 95.1. The van der Waals surface area contributed by atoms with Crippen molar-refractivity contribution in [2.75, 3.05) is 33.2 Å². The second-order valence-corrected chi connectivity index (χ2v) is 10.3. The molecule has 1 aromatic carbocycles. The van der Waals surface area contributed by atoms with Gasteiger partial charge in [0, 0.05) is 44.2 Å². The molecule has 0 aromatic heterocycles. The number of primary amides is 1. The Morgan fingerprint density at radius 1 is 1.14 bits per heavy atom. The van der Waals surface area contributed by atoms with Gasteiger partial charge < -0.3 is 26.2 Å². The minimum atomic E-state index is -6.02. The number of amides is 1. The molecule has 1 saturated heterocycles. The van der Waals surface area contributed by atoms with E-state index in [0.717, 1.165) is 12.1 Å². The highest BCUT2D eigenvalue weighted by Crippen LogP contribution is 2.50. The quantitative estimate of drug-likeness (QED) is 0.173. The molecule has 9 nitrogen and oxygen atoms in total. The third-order valence-corrected chi connectivity index (χ3v) is 7.30. The molecule has 1 aromatic rings. The number of nitrogens with one attached hydrogen (secondary N) is 1. The van der Waals surface area contributed by atoms with Crippen LogP contribution in [0, 0.1) is 5.92 Å². The highest BCUT2D eigenvalue weighted by molar-refractivity contribution is 5.96. The Hall–Kier alpha value is -3.24. The molecular formula is C26H33F7N6O3. The third kappa shape index (κ3) is 7.39. The molecule has 0 bridgehead atoms. The number of aliphatic hydroxyl groups excluding tert-OH is 1. The first-order chi connectivity index (χ1) is 19.5. The fourth-order valence-electron chi connectivity index (χ4n) is 4.82. The van der Waals surface area contributed by atoms with Crippen LogP contribution in [0.1, 0.15) is 30.4 Å². The SMILES string of the molecule is C=N/C(=C(/F)C(=NC)NCC1CCN(CC(N)=O)C[C@H]1O)N(Cc1ccc(C(O)(C(F)(F)F)C(F)(F)F)cc1)C1CC1. The van der Waals surface area contributed by atoms with Crippen LogP contribution in [0.2, 0.25) is 0 Å². The number of piperidine rings is 1. The van der Waals surface area contributed by atoms with Gasteiger partial charge in [0.05, 0.1) is 12.6 Å². The Bertz CT molecular complexity index is 1170. The van der Waals surface area contributed by atoms with E-state index in [1.807, 2.05) is 0 Å². The summed E-state index contributed by atoms with van der Waals surface area (Å²) >= 11 is 0. The van der Waals surface area contributed by atoms with Crippen molar-refractivity contribution < 1.29 is 45.7 Å². The summed E-state index contributed by atoms with van der Waals surface area (Å²) in [6.07, 6.45) is -11.1. The molecule has 1 aliphatic carbocycles. The lowest BCUT2D eigenvalue weighted by Crippen LogP contribution is -2.53. The Morgan fingerprint density at radius 2 is 1.74 bits per heavy atom. The van der Waals surface area contributed by atoms with Crippen LogP contribution in [0.3, 0.4) is 0 Å². The zero-order valence-electron chi connectivity index (χ0n) is 22.7. The Morgan fingerprint density at radius 3 is 2.19 bits per heavy atom. The number of β-amino-alcohol motifs (C(OH)–C–C–N with tert-alkyl or cyclic N) is 1. The lowest BCUT2D eigenvalue weighted by molar-refractivity contribution is -0.376. The Balaban J connectivity index is 1.77. The number of nitrogens with two attached hydrogens (primary N) is 1. The second kappa shape index (κ2) is 13.0. The average Bonchev–Trinajstić information content (AvgIpc) is 3.74. The molecule has 0 radical (unpaired) electrons. The van der Waals surface area contributed by atoms with Crippen LogP contribution in [-0.4, -0.2) is 96.2 Å². The first kappa shape index (κ1) is 33.3. The minimum absolute atomic E-state index is 0.00979. The number of halogens is 7. The van der Waals surface area contributed by atoms with Crippen LogP contribution in [-0.2, 0) is 16.9 Å². The Kier molecular flexibility index (Phi) is 10.3. The van der Waals surface area contributed by atoms with Crippen molar-refractivity contribution in [2.24, 2.45) is 21.6 Å². The van der Waals surface area contributed by atoms with Crippen molar-refractivity contribution in [3.63, 3.8) is 0 Å². The number of hydrogen-bond donors (Lipinski definition) is 4. The van der Waals surface area contributed by atoms with Crippen LogP contribution in [0.5, 0.6) is 0 Å². The Labute approximate surface area is 237 Å². The monoisotopic (exact) mass is 610 g/mol. The maximum Gasteiger partial charge on any atom is 0.430 e. The number of carbonyl (C=O) groups excluding carboxylic acids is 1. The van der Waals surface area contributed by atoms with E-state index in [-0.39, 0.29) is 55.4 Å². The van der Waals surface area contributed by atoms with Crippen LogP contribution in [0.25, 0.3) is 0 Å². The number of amidine groups is 1. The summed E-state index contributed by atoms with van der Waals surface area (Å²) in [5.74, 6) is -2.11. The average molecular weight is 611 g/mol. The third-order valence-electron chi connectivity index (χ3n) is 7.30. The maximum atomic E-state index is 15.7. The number of aliphatic imine (C=N–C) groups is 2. The van der Waals surface area contributed by atoms with E-state index in [1.54, 1.807) is 4.90 Å². The molecule has 1 heterocycles. The smallest absolute Gasteiger partial charge is 0.391 e. The second-order valence-electron chi connectivity index (χ2n) is 10.3. The van der Waals surface area contributed by atoms with E-state index in [2.05, 4.69) is 22.0 Å². The summed E-state index contributed by atoms with van der Waals surface area (Å²) in [6, 6.07) is 2.83. The van der Waals surface area contributed by atoms with Gasteiger partial charge in [-0.25, -0.2) is 4.99 Å². The molecule has 234 valence electrons. The molecule has 0 spiro atoms. The van der Waals surface area contributed by atoms with Crippen molar-refractivity contribution >= 4 is 18.5 Å².